The molecule has 31 heavy (non-hydrogen) atoms. The van der Waals surface area contributed by atoms with E-state index >= 15 is 0 Å². The van der Waals surface area contributed by atoms with Crippen LogP contribution in [0.4, 0.5) is 5.69 Å². The molecule has 0 aliphatic rings. The Hall–Kier alpha value is -2.70. The minimum atomic E-state index is -0.420. The summed E-state index contributed by atoms with van der Waals surface area (Å²) in [6, 6.07) is 21.6. The van der Waals surface area contributed by atoms with Gasteiger partial charge in [0.1, 0.15) is 11.5 Å². The third kappa shape index (κ3) is 5.14. The van der Waals surface area contributed by atoms with Gasteiger partial charge in [-0.25, -0.2) is 4.98 Å². The summed E-state index contributed by atoms with van der Waals surface area (Å²) in [4.78, 5) is 17.3. The van der Waals surface area contributed by atoms with Crippen LogP contribution in [0, 0.1) is 0 Å². The second kappa shape index (κ2) is 10.1. The molecule has 0 spiro atoms. The summed E-state index contributed by atoms with van der Waals surface area (Å²) in [6.45, 7) is 0. The predicted molar refractivity (Wildman–Crippen MR) is 129 cm³/mol. The van der Waals surface area contributed by atoms with E-state index in [9.17, 15) is 4.79 Å². The first-order valence-corrected chi connectivity index (χ1v) is 10.1. The van der Waals surface area contributed by atoms with E-state index in [1.165, 1.54) is 0 Å². The lowest BCUT2D eigenvalue weighted by Crippen LogP contribution is -2.29. The Labute approximate surface area is 200 Å². The molecule has 1 amide bonds. The molecule has 0 aliphatic heterocycles. The van der Waals surface area contributed by atoms with Crippen LogP contribution in [-0.2, 0) is 0 Å². The van der Waals surface area contributed by atoms with Crippen LogP contribution in [0.5, 0.6) is 0 Å². The van der Waals surface area contributed by atoms with Crippen LogP contribution < -0.4 is 10.9 Å². The number of hydrogen-bond acceptors (Lipinski definition) is 3. The summed E-state index contributed by atoms with van der Waals surface area (Å²) in [5.74, 6) is 0.113. The van der Waals surface area contributed by atoms with Gasteiger partial charge >= 0.3 is 0 Å². The number of amides is 1. The number of hydrazine groups is 1. The first-order valence-electron chi connectivity index (χ1n) is 8.94. The Morgan fingerprint density at radius 3 is 2.16 bits per heavy atom. The van der Waals surface area contributed by atoms with E-state index in [4.69, 9.17) is 34.8 Å². The molecule has 5 nitrogen and oxygen atoms in total. The lowest BCUT2D eigenvalue weighted by Gasteiger charge is -2.09. The van der Waals surface area contributed by atoms with Crippen molar-refractivity contribution in [2.75, 3.05) is 5.43 Å². The van der Waals surface area contributed by atoms with Crippen molar-refractivity contribution in [1.82, 2.24) is 15.0 Å². The van der Waals surface area contributed by atoms with Gasteiger partial charge in [-0.05, 0) is 48.5 Å². The van der Waals surface area contributed by atoms with Gasteiger partial charge in [0.05, 0.1) is 15.7 Å². The van der Waals surface area contributed by atoms with Crippen molar-refractivity contribution in [1.29, 1.82) is 0 Å². The minimum Gasteiger partial charge on any atom is -0.299 e. The fraction of sp³-hybridized carbons (Fsp3) is 0. The Balaban J connectivity index is 0.00000272. The highest BCUT2D eigenvalue weighted by atomic mass is 35.5. The molecule has 0 aliphatic carbocycles. The van der Waals surface area contributed by atoms with Gasteiger partial charge in [0.2, 0.25) is 0 Å². The summed E-state index contributed by atoms with van der Waals surface area (Å²) < 4.78 is 1.79. The number of nitrogens with one attached hydrogen (secondary N) is 2. The van der Waals surface area contributed by atoms with Gasteiger partial charge in [0.25, 0.3) is 5.91 Å². The van der Waals surface area contributed by atoms with Crippen molar-refractivity contribution < 1.29 is 4.79 Å². The second-order valence-corrected chi connectivity index (χ2v) is 7.59. The van der Waals surface area contributed by atoms with Crippen LogP contribution in [0.25, 0.3) is 17.1 Å². The average molecular weight is 494 g/mol. The zero-order chi connectivity index (χ0) is 21.1. The fourth-order valence-corrected chi connectivity index (χ4v) is 3.40. The molecule has 4 aromatic rings. The predicted octanol–water partition coefficient (Wildman–Crippen LogP) is 6.68. The number of aromatic nitrogens is 2. The van der Waals surface area contributed by atoms with Crippen molar-refractivity contribution in [3.63, 3.8) is 0 Å². The van der Waals surface area contributed by atoms with E-state index in [2.05, 4.69) is 15.8 Å². The smallest absolute Gasteiger partial charge is 0.289 e. The Morgan fingerprint density at radius 2 is 1.48 bits per heavy atom. The van der Waals surface area contributed by atoms with E-state index in [1.807, 2.05) is 36.4 Å². The lowest BCUT2D eigenvalue weighted by atomic mass is 10.2. The molecule has 3 aromatic carbocycles. The number of imidazole rings is 1. The maximum absolute atomic E-state index is 12.7. The number of anilines is 1. The largest absolute Gasteiger partial charge is 0.299 e. The molecule has 0 radical (unpaired) electrons. The van der Waals surface area contributed by atoms with Crippen LogP contribution in [0.15, 0.2) is 79.0 Å². The van der Waals surface area contributed by atoms with Crippen molar-refractivity contribution in [2.24, 2.45) is 0 Å². The highest BCUT2D eigenvalue weighted by Crippen LogP contribution is 2.29. The van der Waals surface area contributed by atoms with E-state index in [0.29, 0.717) is 32.1 Å². The van der Waals surface area contributed by atoms with E-state index in [-0.39, 0.29) is 18.1 Å². The molecule has 0 atom stereocenters. The zero-order valence-electron chi connectivity index (χ0n) is 15.9. The van der Waals surface area contributed by atoms with Gasteiger partial charge in [-0.1, -0.05) is 59.1 Å². The molecule has 0 saturated carbocycles. The van der Waals surface area contributed by atoms with Crippen molar-refractivity contribution in [2.45, 2.75) is 0 Å². The molecule has 0 saturated heterocycles. The van der Waals surface area contributed by atoms with Crippen LogP contribution >= 0.6 is 47.2 Å². The third-order valence-electron chi connectivity index (χ3n) is 4.34. The Morgan fingerprint density at radius 1 is 0.839 bits per heavy atom. The second-order valence-electron chi connectivity index (χ2n) is 6.33. The van der Waals surface area contributed by atoms with E-state index in [0.717, 1.165) is 5.69 Å². The summed E-state index contributed by atoms with van der Waals surface area (Å²) in [5.41, 5.74) is 7.71. The molecular formula is C22H16Cl4N4O. The van der Waals surface area contributed by atoms with Crippen LogP contribution in [0.3, 0.4) is 0 Å². The number of nitrogens with zero attached hydrogens (tertiary/aromatic N) is 2. The number of carbonyl (C=O) groups is 1. The van der Waals surface area contributed by atoms with Crippen molar-refractivity contribution in [3.8, 4) is 17.1 Å². The molecular weight excluding hydrogens is 478 g/mol. The fourth-order valence-electron chi connectivity index (χ4n) is 2.87. The summed E-state index contributed by atoms with van der Waals surface area (Å²) in [7, 11) is 0. The summed E-state index contributed by atoms with van der Waals surface area (Å²) in [6.07, 6.45) is 1.64. The van der Waals surface area contributed by atoms with E-state index < -0.39 is 5.91 Å². The number of hydrogen-bond donors (Lipinski definition) is 2. The van der Waals surface area contributed by atoms with Gasteiger partial charge in [0.15, 0.2) is 0 Å². The molecule has 1 aromatic heterocycles. The van der Waals surface area contributed by atoms with Gasteiger partial charge in [0, 0.05) is 22.5 Å². The third-order valence-corrected chi connectivity index (χ3v) is 5.25. The molecule has 2 N–H and O–H groups in total. The zero-order valence-corrected chi connectivity index (χ0v) is 18.9. The standard InChI is InChI=1S/C22H15Cl3N4O.ClH/c23-14-9-11-15(12-10-14)29-13-20(26-21(29)16-5-1-2-6-17(16)24)22(30)28-27-19-8-4-3-7-18(19)25;/h1-13,27H,(H,28,30);1H. The van der Waals surface area contributed by atoms with Gasteiger partial charge in [-0.15, -0.1) is 12.4 Å². The van der Waals surface area contributed by atoms with Gasteiger partial charge < -0.3 is 0 Å². The number of carbonyl (C=O) groups excluding carboxylic acids is 1. The Kier molecular flexibility index (Phi) is 7.46. The monoisotopic (exact) mass is 492 g/mol. The highest BCUT2D eigenvalue weighted by Gasteiger charge is 2.18. The molecule has 158 valence electrons. The normalized spacial score (nSPS) is 10.3. The molecule has 0 unspecified atom stereocenters. The van der Waals surface area contributed by atoms with Gasteiger partial charge in [-0.3, -0.25) is 20.2 Å². The average Bonchev–Trinajstić information content (AvgIpc) is 3.19. The van der Waals surface area contributed by atoms with Crippen molar-refractivity contribution in [3.05, 3.63) is 99.8 Å². The quantitative estimate of drug-likeness (QED) is 0.305. The number of benzene rings is 3. The molecule has 4 rings (SSSR count). The first kappa shape index (κ1) is 23.0. The van der Waals surface area contributed by atoms with Crippen molar-refractivity contribution >= 4 is 58.8 Å². The maximum atomic E-state index is 12.7. The minimum absolute atomic E-state index is 0. The maximum Gasteiger partial charge on any atom is 0.289 e. The molecule has 1 heterocycles. The molecule has 9 heteroatoms. The topological polar surface area (TPSA) is 59.0 Å². The summed E-state index contributed by atoms with van der Waals surface area (Å²) >= 11 is 18.5. The molecule has 0 fully saturated rings. The highest BCUT2D eigenvalue weighted by molar-refractivity contribution is 6.33. The lowest BCUT2D eigenvalue weighted by molar-refractivity contribution is 0.0958. The first-order chi connectivity index (χ1) is 14.5. The Bertz CT molecular complexity index is 1210. The van der Waals surface area contributed by atoms with Gasteiger partial charge in [-0.2, -0.15) is 0 Å². The molecule has 0 bridgehead atoms. The van der Waals surface area contributed by atoms with Crippen LogP contribution in [-0.4, -0.2) is 15.5 Å². The number of para-hydroxylation sites is 1. The summed E-state index contributed by atoms with van der Waals surface area (Å²) in [5, 5.41) is 1.63. The van der Waals surface area contributed by atoms with E-state index in [1.54, 1.807) is 47.2 Å². The van der Waals surface area contributed by atoms with Crippen LogP contribution in [0.2, 0.25) is 15.1 Å². The number of halogens is 4. The van der Waals surface area contributed by atoms with Crippen LogP contribution in [0.1, 0.15) is 10.5 Å². The number of rotatable bonds is 5. The SMILES string of the molecule is Cl.O=C(NNc1ccccc1Cl)c1cn(-c2ccc(Cl)cc2)c(-c2ccccc2Cl)n1.